The zero-order valence-electron chi connectivity index (χ0n) is 11.7. The number of aliphatic carboxylic acids is 1. The number of halogens is 1. The van der Waals surface area contributed by atoms with Gasteiger partial charge in [-0.05, 0) is 43.5 Å². The van der Waals surface area contributed by atoms with E-state index in [4.69, 9.17) is 5.11 Å². The van der Waals surface area contributed by atoms with E-state index in [1.165, 1.54) is 31.8 Å². The normalized spacial score (nSPS) is 20.1. The Morgan fingerprint density at radius 1 is 1.40 bits per heavy atom. The van der Waals surface area contributed by atoms with E-state index in [0.717, 1.165) is 22.3 Å². The maximum Gasteiger partial charge on any atom is 0.328 e. The van der Waals surface area contributed by atoms with Crippen LogP contribution in [0.5, 0.6) is 0 Å². The van der Waals surface area contributed by atoms with Gasteiger partial charge in [-0.25, -0.2) is 4.79 Å². The average Bonchev–Trinajstić information content (AvgIpc) is 2.61. The summed E-state index contributed by atoms with van der Waals surface area (Å²) < 4.78 is 1.02. The molecule has 0 bridgehead atoms. The topological polar surface area (TPSA) is 40.5 Å². The molecule has 1 aromatic carbocycles. The fourth-order valence-electron chi connectivity index (χ4n) is 2.70. The molecule has 0 aliphatic carbocycles. The summed E-state index contributed by atoms with van der Waals surface area (Å²) in [5, 5.41) is 8.82. The number of carboxylic acids is 1. The van der Waals surface area contributed by atoms with Gasteiger partial charge in [0.25, 0.3) is 0 Å². The van der Waals surface area contributed by atoms with Gasteiger partial charge in [0, 0.05) is 28.8 Å². The Kier molecular flexibility index (Phi) is 5.24. The van der Waals surface area contributed by atoms with Crippen molar-refractivity contribution in [1.82, 2.24) is 0 Å². The summed E-state index contributed by atoms with van der Waals surface area (Å²) >= 11 is 3.52. The van der Waals surface area contributed by atoms with Gasteiger partial charge in [-0.15, -0.1) is 0 Å². The van der Waals surface area contributed by atoms with Crippen LogP contribution in [-0.2, 0) is 4.79 Å². The minimum absolute atomic E-state index is 0.490. The molecule has 1 aliphatic heterocycles. The van der Waals surface area contributed by atoms with Crippen molar-refractivity contribution >= 4 is 33.7 Å². The molecule has 1 aliphatic rings. The Balaban J connectivity index is 2.36. The summed E-state index contributed by atoms with van der Waals surface area (Å²) in [6.07, 6.45) is 7.81. The first kappa shape index (κ1) is 15.1. The van der Waals surface area contributed by atoms with Crippen LogP contribution in [0.1, 0.15) is 38.2 Å². The third kappa shape index (κ3) is 3.85. The lowest BCUT2D eigenvalue weighted by molar-refractivity contribution is -0.131. The van der Waals surface area contributed by atoms with Gasteiger partial charge in [0.15, 0.2) is 0 Å². The number of carboxylic acid groups (broad SMARTS) is 1. The first-order chi connectivity index (χ1) is 9.58. The molecule has 0 spiro atoms. The molecule has 0 radical (unpaired) electrons. The Morgan fingerprint density at radius 3 is 2.95 bits per heavy atom. The Bertz CT molecular complexity index is 513. The smallest absolute Gasteiger partial charge is 0.328 e. The Morgan fingerprint density at radius 2 is 2.20 bits per heavy atom. The predicted molar refractivity (Wildman–Crippen MR) is 86.1 cm³/mol. The van der Waals surface area contributed by atoms with Crippen LogP contribution in [0, 0.1) is 0 Å². The molecule has 1 saturated heterocycles. The van der Waals surface area contributed by atoms with E-state index in [1.54, 1.807) is 6.08 Å². The van der Waals surface area contributed by atoms with Crippen molar-refractivity contribution in [3.05, 3.63) is 34.3 Å². The summed E-state index contributed by atoms with van der Waals surface area (Å²) in [4.78, 5) is 13.1. The van der Waals surface area contributed by atoms with Crippen LogP contribution in [-0.4, -0.2) is 23.7 Å². The van der Waals surface area contributed by atoms with E-state index < -0.39 is 5.97 Å². The van der Waals surface area contributed by atoms with Crippen LogP contribution in [0.25, 0.3) is 6.08 Å². The van der Waals surface area contributed by atoms with Gasteiger partial charge in [-0.2, -0.15) is 0 Å². The highest BCUT2D eigenvalue weighted by Crippen LogP contribution is 2.30. The minimum atomic E-state index is -0.914. The summed E-state index contributed by atoms with van der Waals surface area (Å²) in [7, 11) is 0. The second-order valence-corrected chi connectivity index (χ2v) is 6.18. The molecular formula is C16H20BrNO2. The van der Waals surface area contributed by atoms with Gasteiger partial charge in [0.1, 0.15) is 0 Å². The molecule has 20 heavy (non-hydrogen) atoms. The van der Waals surface area contributed by atoms with Crippen molar-refractivity contribution in [2.75, 3.05) is 11.4 Å². The lowest BCUT2D eigenvalue weighted by Gasteiger charge is -2.31. The number of hydrogen-bond acceptors (Lipinski definition) is 2. The largest absolute Gasteiger partial charge is 0.478 e. The fourth-order valence-corrected chi connectivity index (χ4v) is 3.05. The maximum absolute atomic E-state index is 10.7. The Labute approximate surface area is 128 Å². The Hall–Kier alpha value is -1.29. The number of rotatable bonds is 3. The number of nitrogens with zero attached hydrogens (tertiary/aromatic N) is 1. The van der Waals surface area contributed by atoms with E-state index in [2.05, 4.69) is 33.8 Å². The fraction of sp³-hybridized carbons (Fsp3) is 0.438. The van der Waals surface area contributed by atoms with Crippen molar-refractivity contribution in [2.45, 2.75) is 38.6 Å². The summed E-state index contributed by atoms with van der Waals surface area (Å²) in [6.45, 7) is 3.28. The van der Waals surface area contributed by atoms with E-state index >= 15 is 0 Å². The van der Waals surface area contributed by atoms with Crippen molar-refractivity contribution in [2.24, 2.45) is 0 Å². The van der Waals surface area contributed by atoms with E-state index in [-0.39, 0.29) is 0 Å². The summed E-state index contributed by atoms with van der Waals surface area (Å²) in [5.41, 5.74) is 2.08. The highest BCUT2D eigenvalue weighted by molar-refractivity contribution is 9.10. The number of carbonyl (C=O) groups is 1. The standard InChI is InChI=1S/C16H20BrNO2/c1-12-5-3-2-4-10-18(12)15-11-14(17)8-6-13(15)7-9-16(19)20/h6-9,11-12H,2-5,10H2,1H3,(H,19,20). The molecular weight excluding hydrogens is 318 g/mol. The lowest BCUT2D eigenvalue weighted by Crippen LogP contribution is -2.32. The molecule has 0 aromatic heterocycles. The summed E-state index contributed by atoms with van der Waals surface area (Å²) in [5.74, 6) is -0.914. The third-order valence-corrected chi connectivity index (χ3v) is 4.25. The van der Waals surface area contributed by atoms with Crippen molar-refractivity contribution in [3.63, 3.8) is 0 Å². The van der Waals surface area contributed by atoms with Gasteiger partial charge < -0.3 is 10.0 Å². The number of benzene rings is 1. The molecule has 2 rings (SSSR count). The third-order valence-electron chi connectivity index (χ3n) is 3.76. The highest BCUT2D eigenvalue weighted by Gasteiger charge is 2.19. The second kappa shape index (κ2) is 6.93. The maximum atomic E-state index is 10.7. The van der Waals surface area contributed by atoms with Crippen LogP contribution in [0.4, 0.5) is 5.69 Å². The quantitative estimate of drug-likeness (QED) is 0.835. The van der Waals surface area contributed by atoms with Gasteiger partial charge in [0.2, 0.25) is 0 Å². The van der Waals surface area contributed by atoms with Crippen LogP contribution in [0.3, 0.4) is 0 Å². The van der Waals surface area contributed by atoms with E-state index in [1.807, 2.05) is 12.1 Å². The van der Waals surface area contributed by atoms with Crippen molar-refractivity contribution < 1.29 is 9.90 Å². The lowest BCUT2D eigenvalue weighted by atomic mass is 10.1. The molecule has 108 valence electrons. The van der Waals surface area contributed by atoms with Crippen molar-refractivity contribution in [1.29, 1.82) is 0 Å². The average molecular weight is 338 g/mol. The zero-order valence-corrected chi connectivity index (χ0v) is 13.3. The number of hydrogen-bond donors (Lipinski definition) is 1. The number of anilines is 1. The van der Waals surface area contributed by atoms with E-state index in [0.29, 0.717) is 6.04 Å². The van der Waals surface area contributed by atoms with Gasteiger partial charge in [-0.1, -0.05) is 34.8 Å². The second-order valence-electron chi connectivity index (χ2n) is 5.27. The van der Waals surface area contributed by atoms with Gasteiger partial charge in [-0.3, -0.25) is 0 Å². The molecule has 1 unspecified atom stereocenters. The molecule has 1 fully saturated rings. The molecule has 1 aromatic rings. The van der Waals surface area contributed by atoms with Crippen molar-refractivity contribution in [3.8, 4) is 0 Å². The molecule has 0 saturated carbocycles. The first-order valence-electron chi connectivity index (χ1n) is 7.05. The summed E-state index contributed by atoms with van der Waals surface area (Å²) in [6, 6.07) is 6.50. The minimum Gasteiger partial charge on any atom is -0.478 e. The van der Waals surface area contributed by atoms with Crippen LogP contribution >= 0.6 is 15.9 Å². The van der Waals surface area contributed by atoms with Gasteiger partial charge in [0.05, 0.1) is 0 Å². The van der Waals surface area contributed by atoms with Crippen LogP contribution in [0.2, 0.25) is 0 Å². The van der Waals surface area contributed by atoms with E-state index in [9.17, 15) is 4.79 Å². The van der Waals surface area contributed by atoms with Crippen LogP contribution < -0.4 is 4.90 Å². The molecule has 1 heterocycles. The van der Waals surface area contributed by atoms with Gasteiger partial charge >= 0.3 is 5.97 Å². The molecule has 1 atom stereocenters. The molecule has 4 heteroatoms. The monoisotopic (exact) mass is 337 g/mol. The molecule has 0 amide bonds. The van der Waals surface area contributed by atoms with Crippen LogP contribution in [0.15, 0.2) is 28.7 Å². The zero-order chi connectivity index (χ0) is 14.5. The first-order valence-corrected chi connectivity index (χ1v) is 7.84. The molecule has 3 nitrogen and oxygen atoms in total. The highest BCUT2D eigenvalue weighted by atomic mass is 79.9. The SMILES string of the molecule is CC1CCCCCN1c1cc(Br)ccc1C=CC(=O)O. The predicted octanol–water partition coefficient (Wildman–Crippen LogP) is 4.32. The molecule has 1 N–H and O–H groups in total.